The molecule has 24 heavy (non-hydrogen) atoms. The van der Waals surface area contributed by atoms with Gasteiger partial charge in [0.25, 0.3) is 0 Å². The summed E-state index contributed by atoms with van der Waals surface area (Å²) in [6, 6.07) is 14.1. The fourth-order valence-corrected chi connectivity index (χ4v) is 3.06. The molecule has 0 amide bonds. The van der Waals surface area contributed by atoms with E-state index in [1.165, 1.54) is 16.7 Å². The zero-order valence-electron chi connectivity index (χ0n) is 14.0. The Bertz CT molecular complexity index is 760. The second-order valence-electron chi connectivity index (χ2n) is 6.31. The van der Waals surface area contributed by atoms with Gasteiger partial charge in [0.1, 0.15) is 5.60 Å². The number of hydrogen-bond acceptors (Lipinski definition) is 2. The Kier molecular flexibility index (Phi) is 5.87. The molecule has 1 aliphatic carbocycles. The van der Waals surface area contributed by atoms with Crippen LogP contribution in [0.5, 0.6) is 0 Å². The number of rotatable bonds is 3. The summed E-state index contributed by atoms with van der Waals surface area (Å²) >= 11 is 0. The van der Waals surface area contributed by atoms with Crippen molar-refractivity contribution in [3.8, 4) is 0 Å². The number of nitrogens with one attached hydrogen (secondary N) is 1. The highest BCUT2D eigenvalue weighted by molar-refractivity contribution is 14.0. The molecule has 0 aromatic heterocycles. The minimum Gasteiger partial charge on any atom is -0.383 e. The Labute approximate surface area is 160 Å². The molecule has 0 saturated heterocycles. The van der Waals surface area contributed by atoms with Crippen LogP contribution in [-0.2, 0) is 12.0 Å². The van der Waals surface area contributed by atoms with Crippen LogP contribution in [0.4, 0.5) is 5.69 Å². The number of anilines is 1. The van der Waals surface area contributed by atoms with Gasteiger partial charge in [0.2, 0.25) is 0 Å². The third-order valence-corrected chi connectivity index (χ3v) is 4.62. The van der Waals surface area contributed by atoms with E-state index in [-0.39, 0.29) is 30.5 Å². The number of aliphatic hydroxyl groups is 1. The second kappa shape index (κ2) is 7.53. The monoisotopic (exact) mass is 437 g/mol. The molecule has 2 aromatic rings. The van der Waals surface area contributed by atoms with Crippen molar-refractivity contribution in [3.63, 3.8) is 0 Å². The summed E-state index contributed by atoms with van der Waals surface area (Å²) in [6.07, 6.45) is 1.57. The van der Waals surface area contributed by atoms with Crippen LogP contribution in [0.25, 0.3) is 0 Å². The fraction of sp³-hybridized carbons (Fsp3) is 0.316. The van der Waals surface area contributed by atoms with Crippen LogP contribution >= 0.6 is 24.0 Å². The summed E-state index contributed by atoms with van der Waals surface area (Å²) in [6.45, 7) is 4.41. The Balaban J connectivity index is 0.00000208. The second-order valence-corrected chi connectivity index (χ2v) is 6.31. The molecule has 1 atom stereocenters. The number of benzene rings is 2. The summed E-state index contributed by atoms with van der Waals surface area (Å²) in [5, 5.41) is 13.9. The normalized spacial score (nSPS) is 19.5. The van der Waals surface area contributed by atoms with Gasteiger partial charge in [0.15, 0.2) is 5.96 Å². The van der Waals surface area contributed by atoms with Crippen LogP contribution in [-0.4, -0.2) is 17.6 Å². The molecule has 4 nitrogen and oxygen atoms in total. The number of hydrogen-bond donors (Lipinski definition) is 3. The lowest BCUT2D eigenvalue weighted by molar-refractivity contribution is 0.0487. The molecular weight excluding hydrogens is 413 g/mol. The topological polar surface area (TPSA) is 70.6 Å². The first-order valence-corrected chi connectivity index (χ1v) is 7.93. The molecule has 0 aliphatic heterocycles. The van der Waals surface area contributed by atoms with Crippen LogP contribution in [0.1, 0.15) is 28.7 Å². The van der Waals surface area contributed by atoms with Crippen LogP contribution < -0.4 is 11.1 Å². The average Bonchev–Trinajstić information content (AvgIpc) is 2.88. The number of guanidine groups is 1. The number of aryl methyl sites for hydroxylation is 3. The van der Waals surface area contributed by atoms with Crippen molar-refractivity contribution in [1.82, 2.24) is 0 Å². The van der Waals surface area contributed by atoms with Gasteiger partial charge >= 0.3 is 0 Å². The molecular formula is C19H24IN3O. The SMILES string of the molecule is Cc1ccc(NC(N)=NCC2(O)CCc3ccccc32)cc1C.I. The van der Waals surface area contributed by atoms with Crippen LogP contribution in [0, 0.1) is 13.8 Å². The maximum absolute atomic E-state index is 10.8. The van der Waals surface area contributed by atoms with Crippen molar-refractivity contribution in [2.24, 2.45) is 10.7 Å². The summed E-state index contributed by atoms with van der Waals surface area (Å²) in [7, 11) is 0. The molecule has 1 aliphatic rings. The summed E-state index contributed by atoms with van der Waals surface area (Å²) in [5.41, 5.74) is 10.6. The average molecular weight is 437 g/mol. The number of fused-ring (bicyclic) bond motifs is 1. The summed E-state index contributed by atoms with van der Waals surface area (Å²) in [5.74, 6) is 0.325. The molecule has 5 heteroatoms. The number of halogens is 1. The number of nitrogens with zero attached hydrogens (tertiary/aromatic N) is 1. The maximum atomic E-state index is 10.8. The van der Waals surface area contributed by atoms with E-state index in [1.807, 2.05) is 36.4 Å². The van der Waals surface area contributed by atoms with Gasteiger partial charge in [-0.15, -0.1) is 24.0 Å². The van der Waals surface area contributed by atoms with Crippen molar-refractivity contribution >= 4 is 35.6 Å². The molecule has 4 N–H and O–H groups in total. The molecule has 3 rings (SSSR count). The minimum absolute atomic E-state index is 0. The van der Waals surface area contributed by atoms with Gasteiger partial charge in [-0.1, -0.05) is 30.3 Å². The van der Waals surface area contributed by atoms with Crippen molar-refractivity contribution in [2.75, 3.05) is 11.9 Å². The minimum atomic E-state index is -0.911. The van der Waals surface area contributed by atoms with Crippen molar-refractivity contribution in [2.45, 2.75) is 32.3 Å². The van der Waals surface area contributed by atoms with E-state index in [2.05, 4.69) is 30.2 Å². The molecule has 0 bridgehead atoms. The van der Waals surface area contributed by atoms with Gasteiger partial charge in [-0.05, 0) is 61.1 Å². The van der Waals surface area contributed by atoms with Crippen LogP contribution in [0.3, 0.4) is 0 Å². The number of nitrogens with two attached hydrogens (primary N) is 1. The van der Waals surface area contributed by atoms with E-state index in [4.69, 9.17) is 5.73 Å². The highest BCUT2D eigenvalue weighted by atomic mass is 127. The van der Waals surface area contributed by atoms with Crippen molar-refractivity contribution in [3.05, 3.63) is 64.7 Å². The van der Waals surface area contributed by atoms with E-state index < -0.39 is 5.60 Å². The maximum Gasteiger partial charge on any atom is 0.193 e. The van der Waals surface area contributed by atoms with E-state index in [0.29, 0.717) is 12.4 Å². The van der Waals surface area contributed by atoms with E-state index in [1.54, 1.807) is 0 Å². The van der Waals surface area contributed by atoms with Gasteiger partial charge in [-0.3, -0.25) is 0 Å². The lowest BCUT2D eigenvalue weighted by atomic mass is 9.96. The van der Waals surface area contributed by atoms with Gasteiger partial charge in [0, 0.05) is 5.69 Å². The van der Waals surface area contributed by atoms with E-state index >= 15 is 0 Å². The molecule has 0 spiro atoms. The Morgan fingerprint density at radius 1 is 1.21 bits per heavy atom. The first kappa shape index (κ1) is 18.7. The van der Waals surface area contributed by atoms with Crippen molar-refractivity contribution < 1.29 is 5.11 Å². The highest BCUT2D eigenvalue weighted by Gasteiger charge is 2.36. The summed E-state index contributed by atoms with van der Waals surface area (Å²) < 4.78 is 0. The molecule has 1 unspecified atom stereocenters. The predicted octanol–water partition coefficient (Wildman–Crippen LogP) is 3.48. The third kappa shape index (κ3) is 3.89. The first-order chi connectivity index (χ1) is 11.0. The smallest absolute Gasteiger partial charge is 0.193 e. The molecule has 0 saturated carbocycles. The van der Waals surface area contributed by atoms with Gasteiger partial charge in [-0.25, -0.2) is 4.99 Å². The molecule has 0 heterocycles. The van der Waals surface area contributed by atoms with Gasteiger partial charge < -0.3 is 16.2 Å². The molecule has 128 valence electrons. The summed E-state index contributed by atoms with van der Waals surface area (Å²) in [4.78, 5) is 4.36. The Morgan fingerprint density at radius 3 is 2.71 bits per heavy atom. The lowest BCUT2D eigenvalue weighted by Crippen LogP contribution is -2.30. The number of aliphatic imine (C=N–C) groups is 1. The first-order valence-electron chi connectivity index (χ1n) is 7.93. The molecule has 0 fully saturated rings. The van der Waals surface area contributed by atoms with Crippen LogP contribution in [0.15, 0.2) is 47.5 Å². The highest BCUT2D eigenvalue weighted by Crippen LogP contribution is 2.36. The molecule has 0 radical (unpaired) electrons. The van der Waals surface area contributed by atoms with Gasteiger partial charge in [-0.2, -0.15) is 0 Å². The zero-order valence-corrected chi connectivity index (χ0v) is 16.4. The largest absolute Gasteiger partial charge is 0.383 e. The zero-order chi connectivity index (χ0) is 16.4. The quantitative estimate of drug-likeness (QED) is 0.391. The Hall–Kier alpha value is -1.60. The predicted molar refractivity (Wildman–Crippen MR) is 110 cm³/mol. The van der Waals surface area contributed by atoms with E-state index in [9.17, 15) is 5.11 Å². The van der Waals surface area contributed by atoms with E-state index in [0.717, 1.165) is 17.7 Å². The van der Waals surface area contributed by atoms with Crippen molar-refractivity contribution in [1.29, 1.82) is 0 Å². The Morgan fingerprint density at radius 2 is 1.96 bits per heavy atom. The standard InChI is InChI=1S/C19H23N3O.HI/c1-13-7-8-16(11-14(13)2)22-18(20)21-12-19(23)10-9-15-5-3-4-6-17(15)19;/h3-8,11,23H,9-10,12H2,1-2H3,(H3,20,21,22);1H. The van der Waals surface area contributed by atoms with Crippen LogP contribution in [0.2, 0.25) is 0 Å². The third-order valence-electron chi connectivity index (χ3n) is 4.62. The fourth-order valence-electron chi connectivity index (χ4n) is 3.06. The molecule has 2 aromatic carbocycles. The lowest BCUT2D eigenvalue weighted by Gasteiger charge is -2.22. The van der Waals surface area contributed by atoms with Gasteiger partial charge in [0.05, 0.1) is 6.54 Å².